The molecule has 1 heterocycles. The second-order valence-electron chi connectivity index (χ2n) is 5.79. The molecule has 27 heavy (non-hydrogen) atoms. The molecule has 0 spiro atoms. The van der Waals surface area contributed by atoms with Crippen LogP contribution < -0.4 is 16.0 Å². The van der Waals surface area contributed by atoms with Gasteiger partial charge in [0.2, 0.25) is 0 Å². The zero-order chi connectivity index (χ0) is 19.2. The van der Waals surface area contributed by atoms with E-state index in [1.807, 2.05) is 31.2 Å². The van der Waals surface area contributed by atoms with Gasteiger partial charge in [-0.05, 0) is 42.3 Å². The summed E-state index contributed by atoms with van der Waals surface area (Å²) in [6, 6.07) is 12.5. The van der Waals surface area contributed by atoms with E-state index in [2.05, 4.69) is 25.9 Å². The maximum atomic E-state index is 12.2. The predicted molar refractivity (Wildman–Crippen MR) is 110 cm³/mol. The Morgan fingerprint density at radius 3 is 2.48 bits per heavy atom. The van der Waals surface area contributed by atoms with Crippen molar-refractivity contribution in [3.8, 4) is 0 Å². The van der Waals surface area contributed by atoms with Gasteiger partial charge in [-0.25, -0.2) is 14.8 Å². The van der Waals surface area contributed by atoms with Crippen molar-refractivity contribution in [2.24, 2.45) is 0 Å². The van der Waals surface area contributed by atoms with Crippen molar-refractivity contribution in [3.63, 3.8) is 0 Å². The number of halogens is 2. The number of nitrogens with one attached hydrogen (secondary N) is 3. The standard InChI is InChI=1S/C19H17Cl2N5O/c1-12-5-6-15(10-16(12)20)26-19(27)25-14-4-2-3-13(9-14)11-24-18-17(21)22-7-8-23-18/h2-10H,11H2,1H3,(H,23,24)(H2,25,26,27). The number of anilines is 3. The lowest BCUT2D eigenvalue weighted by atomic mass is 10.2. The summed E-state index contributed by atoms with van der Waals surface area (Å²) in [7, 11) is 0. The second-order valence-corrected chi connectivity index (χ2v) is 6.56. The molecule has 1 aromatic heterocycles. The smallest absolute Gasteiger partial charge is 0.323 e. The second kappa shape index (κ2) is 8.70. The van der Waals surface area contributed by atoms with E-state index in [0.717, 1.165) is 11.1 Å². The average molecular weight is 402 g/mol. The Hall–Kier alpha value is -2.83. The molecule has 0 radical (unpaired) electrons. The molecule has 0 saturated heterocycles. The number of hydrogen-bond acceptors (Lipinski definition) is 4. The van der Waals surface area contributed by atoms with Crippen LogP contribution in [-0.2, 0) is 6.54 Å². The maximum absolute atomic E-state index is 12.2. The Morgan fingerprint density at radius 1 is 1.00 bits per heavy atom. The molecule has 2 aromatic carbocycles. The van der Waals surface area contributed by atoms with Crippen LogP contribution >= 0.6 is 23.2 Å². The van der Waals surface area contributed by atoms with E-state index in [9.17, 15) is 4.79 Å². The minimum absolute atomic E-state index is 0.308. The van der Waals surface area contributed by atoms with E-state index in [1.54, 1.807) is 24.4 Å². The normalized spacial score (nSPS) is 10.3. The molecule has 0 atom stereocenters. The van der Waals surface area contributed by atoms with Gasteiger partial charge in [-0.2, -0.15) is 0 Å². The fourth-order valence-corrected chi connectivity index (χ4v) is 2.70. The molecule has 138 valence electrons. The van der Waals surface area contributed by atoms with Crippen LogP contribution in [0.15, 0.2) is 54.9 Å². The number of nitrogens with zero attached hydrogens (tertiary/aromatic N) is 2. The first-order valence-electron chi connectivity index (χ1n) is 8.15. The number of aryl methyl sites for hydroxylation is 1. The van der Waals surface area contributed by atoms with E-state index in [0.29, 0.717) is 33.9 Å². The molecule has 0 bridgehead atoms. The zero-order valence-corrected chi connectivity index (χ0v) is 16.0. The Kier molecular flexibility index (Phi) is 6.11. The van der Waals surface area contributed by atoms with Crippen LogP contribution in [0.2, 0.25) is 10.2 Å². The van der Waals surface area contributed by atoms with Crippen LogP contribution in [0.25, 0.3) is 0 Å². The first kappa shape index (κ1) is 18.9. The van der Waals surface area contributed by atoms with Gasteiger partial charge in [-0.15, -0.1) is 0 Å². The summed E-state index contributed by atoms with van der Waals surface area (Å²) in [5, 5.41) is 9.58. The number of urea groups is 1. The Labute approximate surface area is 166 Å². The summed E-state index contributed by atoms with van der Waals surface area (Å²) in [5.74, 6) is 0.506. The first-order valence-corrected chi connectivity index (χ1v) is 8.90. The summed E-state index contributed by atoms with van der Waals surface area (Å²) in [4.78, 5) is 20.3. The molecule has 0 fully saturated rings. The number of hydrogen-bond donors (Lipinski definition) is 3. The van der Waals surface area contributed by atoms with Crippen molar-refractivity contribution in [2.45, 2.75) is 13.5 Å². The topological polar surface area (TPSA) is 78.9 Å². The van der Waals surface area contributed by atoms with Gasteiger partial charge in [0, 0.05) is 35.3 Å². The number of rotatable bonds is 5. The molecule has 3 aromatic rings. The highest BCUT2D eigenvalue weighted by Crippen LogP contribution is 2.20. The fraction of sp³-hybridized carbons (Fsp3) is 0.105. The quantitative estimate of drug-likeness (QED) is 0.538. The van der Waals surface area contributed by atoms with E-state index in [-0.39, 0.29) is 6.03 Å². The van der Waals surface area contributed by atoms with Gasteiger partial charge in [0.15, 0.2) is 11.0 Å². The molecule has 3 rings (SSSR count). The molecule has 8 heteroatoms. The third kappa shape index (κ3) is 5.32. The Balaban J connectivity index is 1.60. The van der Waals surface area contributed by atoms with Crippen LogP contribution in [0.5, 0.6) is 0 Å². The molecule has 2 amide bonds. The highest BCUT2D eigenvalue weighted by Gasteiger charge is 2.06. The number of carbonyl (C=O) groups is 1. The zero-order valence-electron chi connectivity index (χ0n) is 14.5. The SMILES string of the molecule is Cc1ccc(NC(=O)Nc2cccc(CNc3nccnc3Cl)c2)cc1Cl. The molecule has 6 nitrogen and oxygen atoms in total. The molecule has 0 unspecified atom stereocenters. The van der Waals surface area contributed by atoms with E-state index >= 15 is 0 Å². The number of amides is 2. The number of carbonyl (C=O) groups excluding carboxylic acids is 1. The monoisotopic (exact) mass is 401 g/mol. The highest BCUT2D eigenvalue weighted by atomic mass is 35.5. The van der Waals surface area contributed by atoms with Crippen LogP contribution in [0.4, 0.5) is 22.0 Å². The van der Waals surface area contributed by atoms with Gasteiger partial charge in [-0.1, -0.05) is 41.4 Å². The van der Waals surface area contributed by atoms with Gasteiger partial charge in [0.25, 0.3) is 0 Å². The molecular formula is C19H17Cl2N5O. The van der Waals surface area contributed by atoms with Crippen molar-refractivity contribution in [2.75, 3.05) is 16.0 Å². The van der Waals surface area contributed by atoms with Crippen molar-refractivity contribution < 1.29 is 4.79 Å². The summed E-state index contributed by atoms with van der Waals surface area (Å²) in [6.45, 7) is 2.39. The molecule has 3 N–H and O–H groups in total. The van der Waals surface area contributed by atoms with Crippen LogP contribution in [0.1, 0.15) is 11.1 Å². The van der Waals surface area contributed by atoms with E-state index in [1.165, 1.54) is 6.20 Å². The molecule has 0 aliphatic rings. The van der Waals surface area contributed by atoms with E-state index in [4.69, 9.17) is 23.2 Å². The fourth-order valence-electron chi connectivity index (χ4n) is 2.35. The van der Waals surface area contributed by atoms with Crippen LogP contribution in [0.3, 0.4) is 0 Å². The average Bonchev–Trinajstić information content (AvgIpc) is 2.64. The third-order valence-electron chi connectivity index (χ3n) is 3.73. The number of aromatic nitrogens is 2. The highest BCUT2D eigenvalue weighted by molar-refractivity contribution is 6.32. The molecular weight excluding hydrogens is 385 g/mol. The van der Waals surface area contributed by atoms with E-state index < -0.39 is 0 Å². The Morgan fingerprint density at radius 2 is 1.74 bits per heavy atom. The lowest BCUT2D eigenvalue weighted by Crippen LogP contribution is -2.19. The molecule has 0 saturated carbocycles. The van der Waals surface area contributed by atoms with Crippen molar-refractivity contribution in [1.82, 2.24) is 9.97 Å². The lowest BCUT2D eigenvalue weighted by molar-refractivity contribution is 0.262. The lowest BCUT2D eigenvalue weighted by Gasteiger charge is -2.11. The summed E-state index contributed by atoms with van der Waals surface area (Å²) in [5.41, 5.74) is 3.19. The van der Waals surface area contributed by atoms with Gasteiger partial charge in [0.05, 0.1) is 0 Å². The molecule has 0 aliphatic heterocycles. The largest absolute Gasteiger partial charge is 0.363 e. The van der Waals surface area contributed by atoms with Gasteiger partial charge < -0.3 is 16.0 Å². The summed E-state index contributed by atoms with van der Waals surface area (Å²) < 4.78 is 0. The third-order valence-corrected chi connectivity index (χ3v) is 4.41. The van der Waals surface area contributed by atoms with Crippen molar-refractivity contribution >= 4 is 46.4 Å². The molecule has 0 aliphatic carbocycles. The summed E-state index contributed by atoms with van der Waals surface area (Å²) >= 11 is 12.1. The Bertz CT molecular complexity index is 964. The van der Waals surface area contributed by atoms with Gasteiger partial charge >= 0.3 is 6.03 Å². The van der Waals surface area contributed by atoms with Gasteiger partial charge in [0.1, 0.15) is 0 Å². The summed E-state index contributed by atoms with van der Waals surface area (Å²) in [6.07, 6.45) is 3.09. The van der Waals surface area contributed by atoms with Crippen molar-refractivity contribution in [1.29, 1.82) is 0 Å². The predicted octanol–water partition coefficient (Wildman–Crippen LogP) is 5.35. The maximum Gasteiger partial charge on any atom is 0.323 e. The first-order chi connectivity index (χ1) is 13.0. The number of benzene rings is 2. The van der Waals surface area contributed by atoms with Gasteiger partial charge in [-0.3, -0.25) is 0 Å². The minimum Gasteiger partial charge on any atom is -0.363 e. The van der Waals surface area contributed by atoms with Crippen LogP contribution in [-0.4, -0.2) is 16.0 Å². The van der Waals surface area contributed by atoms with Crippen molar-refractivity contribution in [3.05, 3.63) is 76.2 Å². The minimum atomic E-state index is -0.350. The van der Waals surface area contributed by atoms with Crippen LogP contribution in [0, 0.1) is 6.92 Å².